The Hall–Kier alpha value is -2.09. The minimum Gasteiger partial charge on any atom is -0.341 e. The second kappa shape index (κ2) is 6.13. The number of carbonyl (C=O) groups excluding carboxylic acids is 1. The third-order valence-corrected chi connectivity index (χ3v) is 4.26. The zero-order valence-electron chi connectivity index (χ0n) is 12.5. The van der Waals surface area contributed by atoms with Gasteiger partial charge in [0.05, 0.1) is 0 Å². The summed E-state index contributed by atoms with van der Waals surface area (Å²) in [4.78, 5) is 14.2. The van der Waals surface area contributed by atoms with Gasteiger partial charge in [-0.1, -0.05) is 54.6 Å². The van der Waals surface area contributed by atoms with Crippen LogP contribution in [0.15, 0.2) is 54.6 Å². The summed E-state index contributed by atoms with van der Waals surface area (Å²) in [7, 11) is 1.91. The van der Waals surface area contributed by atoms with Crippen LogP contribution in [0.3, 0.4) is 0 Å². The SMILES string of the molecule is CN(Cc1cccc2ccccc12)C(=O)CC1C=CCC1. The molecule has 2 aromatic carbocycles. The number of hydrogen-bond acceptors (Lipinski definition) is 1. The Bertz CT molecular complexity index is 669. The Labute approximate surface area is 126 Å². The molecule has 0 fully saturated rings. The minimum atomic E-state index is 0.236. The van der Waals surface area contributed by atoms with E-state index in [-0.39, 0.29) is 5.91 Å². The van der Waals surface area contributed by atoms with E-state index in [1.54, 1.807) is 0 Å². The molecule has 0 bridgehead atoms. The van der Waals surface area contributed by atoms with Crippen LogP contribution in [0.25, 0.3) is 10.8 Å². The summed E-state index contributed by atoms with van der Waals surface area (Å²) in [5, 5.41) is 2.47. The van der Waals surface area contributed by atoms with Gasteiger partial charge in [0.1, 0.15) is 0 Å². The van der Waals surface area contributed by atoms with Crippen molar-refractivity contribution in [2.24, 2.45) is 5.92 Å². The fourth-order valence-electron chi connectivity index (χ4n) is 3.02. The Morgan fingerprint density at radius 3 is 2.81 bits per heavy atom. The molecule has 1 aliphatic rings. The second-order valence-electron chi connectivity index (χ2n) is 5.86. The van der Waals surface area contributed by atoms with Crippen molar-refractivity contribution >= 4 is 16.7 Å². The first-order valence-corrected chi connectivity index (χ1v) is 7.61. The van der Waals surface area contributed by atoms with E-state index in [1.165, 1.54) is 16.3 Å². The van der Waals surface area contributed by atoms with E-state index >= 15 is 0 Å². The monoisotopic (exact) mass is 279 g/mol. The van der Waals surface area contributed by atoms with Crippen LogP contribution in [0.4, 0.5) is 0 Å². The van der Waals surface area contributed by atoms with E-state index in [0.717, 1.165) is 12.8 Å². The predicted octanol–water partition coefficient (Wildman–Crippen LogP) is 4.15. The van der Waals surface area contributed by atoms with Gasteiger partial charge in [0, 0.05) is 20.0 Å². The number of hydrogen-bond donors (Lipinski definition) is 0. The molecule has 0 saturated heterocycles. The fourth-order valence-corrected chi connectivity index (χ4v) is 3.02. The highest BCUT2D eigenvalue weighted by atomic mass is 16.2. The van der Waals surface area contributed by atoms with Crippen molar-refractivity contribution in [2.75, 3.05) is 7.05 Å². The fraction of sp³-hybridized carbons (Fsp3) is 0.316. The number of nitrogens with zero attached hydrogens (tertiary/aromatic N) is 1. The lowest BCUT2D eigenvalue weighted by molar-refractivity contribution is -0.131. The molecule has 0 saturated carbocycles. The zero-order valence-corrected chi connectivity index (χ0v) is 12.5. The van der Waals surface area contributed by atoms with Gasteiger partial charge in [-0.25, -0.2) is 0 Å². The third kappa shape index (κ3) is 3.15. The van der Waals surface area contributed by atoms with Gasteiger partial charge in [-0.15, -0.1) is 0 Å². The molecule has 0 heterocycles. The van der Waals surface area contributed by atoms with Gasteiger partial charge in [-0.05, 0) is 35.1 Å². The first-order chi connectivity index (χ1) is 10.2. The van der Waals surface area contributed by atoms with Crippen molar-refractivity contribution in [1.29, 1.82) is 0 Å². The molecule has 0 spiro atoms. The Kier molecular flexibility index (Phi) is 4.05. The van der Waals surface area contributed by atoms with Gasteiger partial charge in [0.25, 0.3) is 0 Å². The maximum Gasteiger partial charge on any atom is 0.223 e. The molecule has 0 radical (unpaired) electrons. The molecule has 1 amide bonds. The van der Waals surface area contributed by atoms with Crippen molar-refractivity contribution in [1.82, 2.24) is 4.90 Å². The number of fused-ring (bicyclic) bond motifs is 1. The van der Waals surface area contributed by atoms with Crippen molar-refractivity contribution < 1.29 is 4.79 Å². The van der Waals surface area contributed by atoms with Crippen LogP contribution in [-0.2, 0) is 11.3 Å². The standard InChI is InChI=1S/C19H21NO/c1-20(19(21)13-15-7-2-3-8-15)14-17-11-6-10-16-9-4-5-12-18(16)17/h2,4-7,9-12,15H,3,8,13-14H2,1H3. The van der Waals surface area contributed by atoms with Crippen molar-refractivity contribution in [3.8, 4) is 0 Å². The lowest BCUT2D eigenvalue weighted by Gasteiger charge is -2.20. The molecule has 1 unspecified atom stereocenters. The Balaban J connectivity index is 1.72. The van der Waals surface area contributed by atoms with E-state index in [2.05, 4.69) is 48.6 Å². The first-order valence-electron chi connectivity index (χ1n) is 7.61. The van der Waals surface area contributed by atoms with Crippen LogP contribution < -0.4 is 0 Å². The Morgan fingerprint density at radius 2 is 2.00 bits per heavy atom. The molecule has 2 aromatic rings. The van der Waals surface area contributed by atoms with Crippen LogP contribution in [-0.4, -0.2) is 17.9 Å². The molecular weight excluding hydrogens is 258 g/mol. The van der Waals surface area contributed by atoms with Gasteiger partial charge in [-0.2, -0.15) is 0 Å². The zero-order chi connectivity index (χ0) is 14.7. The van der Waals surface area contributed by atoms with Crippen LogP contribution in [0, 0.1) is 5.92 Å². The van der Waals surface area contributed by atoms with Crippen molar-refractivity contribution in [2.45, 2.75) is 25.8 Å². The average molecular weight is 279 g/mol. The van der Waals surface area contributed by atoms with Crippen LogP contribution in [0.5, 0.6) is 0 Å². The first kappa shape index (κ1) is 13.9. The molecule has 0 N–H and O–H groups in total. The molecule has 21 heavy (non-hydrogen) atoms. The highest BCUT2D eigenvalue weighted by molar-refractivity contribution is 5.86. The number of allylic oxidation sites excluding steroid dienone is 2. The maximum absolute atomic E-state index is 12.3. The smallest absolute Gasteiger partial charge is 0.223 e. The molecule has 0 aliphatic heterocycles. The summed E-state index contributed by atoms with van der Waals surface area (Å²) >= 11 is 0. The summed E-state index contributed by atoms with van der Waals surface area (Å²) in [6.45, 7) is 0.677. The van der Waals surface area contributed by atoms with Crippen LogP contribution in [0.2, 0.25) is 0 Å². The second-order valence-corrected chi connectivity index (χ2v) is 5.86. The molecular formula is C19H21NO. The Morgan fingerprint density at radius 1 is 1.19 bits per heavy atom. The number of amides is 1. The molecule has 0 aromatic heterocycles. The lowest BCUT2D eigenvalue weighted by Crippen LogP contribution is -2.27. The highest BCUT2D eigenvalue weighted by Gasteiger charge is 2.17. The van der Waals surface area contributed by atoms with Crippen LogP contribution >= 0.6 is 0 Å². The van der Waals surface area contributed by atoms with Crippen LogP contribution in [0.1, 0.15) is 24.8 Å². The topological polar surface area (TPSA) is 20.3 Å². The molecule has 2 nitrogen and oxygen atoms in total. The molecule has 108 valence electrons. The number of carbonyl (C=O) groups is 1. The van der Waals surface area contributed by atoms with E-state index in [4.69, 9.17) is 0 Å². The van der Waals surface area contributed by atoms with Gasteiger partial charge in [0.2, 0.25) is 5.91 Å². The average Bonchev–Trinajstić information content (AvgIpc) is 3.00. The van der Waals surface area contributed by atoms with Crippen molar-refractivity contribution in [3.05, 3.63) is 60.2 Å². The molecule has 3 rings (SSSR count). The number of benzene rings is 2. The predicted molar refractivity (Wildman–Crippen MR) is 86.9 cm³/mol. The third-order valence-electron chi connectivity index (χ3n) is 4.26. The van der Waals surface area contributed by atoms with Crippen molar-refractivity contribution in [3.63, 3.8) is 0 Å². The molecule has 1 atom stereocenters. The number of rotatable bonds is 4. The van der Waals surface area contributed by atoms with E-state index in [1.807, 2.05) is 18.0 Å². The van der Waals surface area contributed by atoms with Gasteiger partial charge in [0.15, 0.2) is 0 Å². The molecule has 1 aliphatic carbocycles. The quantitative estimate of drug-likeness (QED) is 0.770. The highest BCUT2D eigenvalue weighted by Crippen LogP contribution is 2.23. The summed E-state index contributed by atoms with van der Waals surface area (Å²) in [5.41, 5.74) is 1.21. The summed E-state index contributed by atoms with van der Waals surface area (Å²) < 4.78 is 0. The van der Waals surface area contributed by atoms with E-state index in [0.29, 0.717) is 18.9 Å². The minimum absolute atomic E-state index is 0.236. The summed E-state index contributed by atoms with van der Waals surface area (Å²) in [5.74, 6) is 0.673. The summed E-state index contributed by atoms with van der Waals surface area (Å²) in [6, 6.07) is 14.6. The largest absolute Gasteiger partial charge is 0.341 e. The van der Waals surface area contributed by atoms with E-state index < -0.39 is 0 Å². The lowest BCUT2D eigenvalue weighted by atomic mass is 10.0. The van der Waals surface area contributed by atoms with Gasteiger partial charge >= 0.3 is 0 Å². The van der Waals surface area contributed by atoms with Gasteiger partial charge < -0.3 is 4.90 Å². The maximum atomic E-state index is 12.3. The summed E-state index contributed by atoms with van der Waals surface area (Å²) in [6.07, 6.45) is 7.24. The van der Waals surface area contributed by atoms with E-state index in [9.17, 15) is 4.79 Å². The van der Waals surface area contributed by atoms with Gasteiger partial charge in [-0.3, -0.25) is 4.79 Å². The normalized spacial score (nSPS) is 17.3. The molecule has 2 heteroatoms.